The number of rotatable bonds is 11. The summed E-state index contributed by atoms with van der Waals surface area (Å²) in [7, 11) is -2.37. The number of nitrogens with zero attached hydrogens (tertiary/aromatic N) is 3. The van der Waals surface area contributed by atoms with Gasteiger partial charge >= 0.3 is 11.7 Å². The molecule has 190 valence electrons. The number of carbonyl (C=O) groups is 3. The van der Waals surface area contributed by atoms with Gasteiger partial charge in [-0.15, -0.1) is 0 Å². The largest absolute Gasteiger partial charge is 0.472 e. The van der Waals surface area contributed by atoms with Crippen molar-refractivity contribution in [3.05, 3.63) is 51.5 Å². The van der Waals surface area contributed by atoms with Crippen LogP contribution in [0.15, 0.2) is 30.3 Å². The predicted molar refractivity (Wildman–Crippen MR) is 129 cm³/mol. The minimum Gasteiger partial charge on any atom is -0.472 e. The Balaban J connectivity index is 2.64. The van der Waals surface area contributed by atoms with Crippen molar-refractivity contribution in [1.82, 2.24) is 5.32 Å². The molecule has 1 fully saturated rings. The van der Waals surface area contributed by atoms with Gasteiger partial charge in [-0.1, -0.05) is 51.1 Å². The molecule has 1 aromatic rings. The van der Waals surface area contributed by atoms with Crippen LogP contribution in [-0.2, 0) is 25.2 Å². The van der Waals surface area contributed by atoms with Crippen LogP contribution < -0.4 is 5.32 Å². The van der Waals surface area contributed by atoms with Crippen molar-refractivity contribution in [2.24, 2.45) is 11.3 Å². The number of β-lactam (4-membered cyclic amide) rings is 1. The highest BCUT2D eigenvalue weighted by molar-refractivity contribution is 6.74. The van der Waals surface area contributed by atoms with Crippen molar-refractivity contribution in [3.63, 3.8) is 0 Å². The van der Waals surface area contributed by atoms with Crippen LogP contribution in [-0.4, -0.2) is 65.2 Å². The zero-order chi connectivity index (χ0) is 26.8. The summed E-state index contributed by atoms with van der Waals surface area (Å²) in [5, 5.41) is 23.7. The number of hydrogen-bond acceptors (Lipinski definition) is 6. The van der Waals surface area contributed by atoms with Crippen molar-refractivity contribution in [3.8, 4) is 0 Å². The minimum atomic E-state index is -2.37. The van der Waals surface area contributed by atoms with Crippen molar-refractivity contribution in [2.45, 2.75) is 64.4 Å². The first-order chi connectivity index (χ1) is 16.1. The summed E-state index contributed by atoms with van der Waals surface area (Å²) in [5.74, 6) is -4.47. The van der Waals surface area contributed by atoms with Gasteiger partial charge in [-0.25, -0.2) is 4.79 Å². The molecular formula is C23H32N4O7Si. The van der Waals surface area contributed by atoms with Crippen LogP contribution in [0.1, 0.15) is 33.3 Å². The van der Waals surface area contributed by atoms with E-state index < -0.39 is 66.6 Å². The topological polar surface area (TPSA) is 172 Å². The SMILES string of the molecule is CC(O[Si](C)(C)C(C)(C)C)[C@H]1C(=O)N[C@H]1[C@@](Cc1ccccc1)(C[N+](=O)[O-])C(=O)C(=[N+]=[N-])C(=O)O. The summed E-state index contributed by atoms with van der Waals surface area (Å²) in [5.41, 5.74) is 6.53. The van der Waals surface area contributed by atoms with Crippen LogP contribution in [0, 0.1) is 21.4 Å². The lowest BCUT2D eigenvalue weighted by molar-refractivity contribution is -0.495. The second-order valence-electron chi connectivity index (χ2n) is 10.5. The summed E-state index contributed by atoms with van der Waals surface area (Å²) >= 11 is 0. The number of nitrogens with one attached hydrogen (secondary N) is 1. The van der Waals surface area contributed by atoms with Gasteiger partial charge in [0, 0.05) is 4.92 Å². The molecule has 1 amide bonds. The van der Waals surface area contributed by atoms with E-state index in [1.807, 2.05) is 33.9 Å². The average Bonchev–Trinajstić information content (AvgIpc) is 2.70. The third-order valence-corrected chi connectivity index (χ3v) is 11.7. The number of carbonyl (C=O) groups excluding carboxylic acids is 2. The summed E-state index contributed by atoms with van der Waals surface area (Å²) in [6, 6.07) is 7.24. The van der Waals surface area contributed by atoms with Crippen LogP contribution >= 0.6 is 0 Å². The summed E-state index contributed by atoms with van der Waals surface area (Å²) < 4.78 is 6.37. The van der Waals surface area contributed by atoms with Crippen LogP contribution in [0.3, 0.4) is 0 Å². The molecule has 0 bridgehead atoms. The van der Waals surface area contributed by atoms with E-state index >= 15 is 0 Å². The molecule has 0 spiro atoms. The number of amides is 1. The molecule has 1 heterocycles. The van der Waals surface area contributed by atoms with Crippen molar-refractivity contribution >= 4 is 31.7 Å². The Morgan fingerprint density at radius 3 is 2.29 bits per heavy atom. The molecule has 1 aromatic carbocycles. The maximum atomic E-state index is 13.6. The van der Waals surface area contributed by atoms with Crippen molar-refractivity contribution in [1.29, 1.82) is 0 Å². The Labute approximate surface area is 204 Å². The summed E-state index contributed by atoms with van der Waals surface area (Å²) in [6.45, 7) is 10.8. The van der Waals surface area contributed by atoms with Gasteiger partial charge in [0.25, 0.3) is 5.78 Å². The lowest BCUT2D eigenvalue weighted by Gasteiger charge is -2.50. The molecule has 2 rings (SSSR count). The Morgan fingerprint density at radius 1 is 1.29 bits per heavy atom. The molecule has 0 aliphatic carbocycles. The van der Waals surface area contributed by atoms with Crippen LogP contribution in [0.25, 0.3) is 5.53 Å². The van der Waals surface area contributed by atoms with E-state index in [9.17, 15) is 35.1 Å². The van der Waals surface area contributed by atoms with Gasteiger partial charge in [0.05, 0.1) is 18.1 Å². The molecule has 4 atom stereocenters. The molecule has 0 aromatic heterocycles. The summed E-state index contributed by atoms with van der Waals surface area (Å²) in [6.07, 6.45) is -0.961. The standard InChI is InChI=1S/C23H32N4O7Si/c1-14(34-35(5,6)22(2,3)4)16-18(25-20(16)29)23(13-27(32)33,12-15-10-8-7-9-11-15)19(28)17(26-24)21(30)31/h7-11,14,16,18H,12-13H2,1-6H3,(H,25,29)(H,30,31)/t14?,16-,18-,23-/m1/s1. The number of Topliss-reactive ketones (excluding diaryl/α,β-unsaturated/α-hetero) is 1. The number of ketones is 1. The Kier molecular flexibility index (Phi) is 8.16. The Hall–Kier alpha value is -3.21. The highest BCUT2D eigenvalue weighted by atomic mass is 28.4. The Morgan fingerprint density at radius 2 is 1.86 bits per heavy atom. The fourth-order valence-corrected chi connectivity index (χ4v) is 5.67. The molecule has 1 saturated heterocycles. The first-order valence-corrected chi connectivity index (χ1v) is 14.1. The molecule has 12 heteroatoms. The highest BCUT2D eigenvalue weighted by Crippen LogP contribution is 2.43. The van der Waals surface area contributed by atoms with E-state index in [2.05, 4.69) is 10.1 Å². The lowest BCUT2D eigenvalue weighted by atomic mass is 9.62. The van der Waals surface area contributed by atoms with Crippen LogP contribution in [0.5, 0.6) is 0 Å². The number of carboxylic acids is 1. The predicted octanol–water partition coefficient (Wildman–Crippen LogP) is 2.34. The van der Waals surface area contributed by atoms with E-state index in [4.69, 9.17) is 4.43 Å². The molecule has 1 aliphatic heterocycles. The molecule has 0 radical (unpaired) electrons. The zero-order valence-electron chi connectivity index (χ0n) is 20.8. The van der Waals surface area contributed by atoms with Gasteiger partial charge in [-0.3, -0.25) is 19.7 Å². The average molecular weight is 505 g/mol. The molecule has 2 N–H and O–H groups in total. The molecule has 1 unspecified atom stereocenters. The monoisotopic (exact) mass is 504 g/mol. The third kappa shape index (κ3) is 5.72. The van der Waals surface area contributed by atoms with Gasteiger partial charge in [-0.2, -0.15) is 4.79 Å². The quantitative estimate of drug-likeness (QED) is 0.0680. The van der Waals surface area contributed by atoms with Gasteiger partial charge in [0.2, 0.25) is 12.5 Å². The Bertz CT molecular complexity index is 1060. The lowest BCUT2D eigenvalue weighted by Crippen LogP contribution is -2.73. The number of nitro groups is 1. The normalized spacial score (nSPS) is 20.5. The highest BCUT2D eigenvalue weighted by Gasteiger charge is 2.64. The molecule has 1 aliphatic rings. The van der Waals surface area contributed by atoms with E-state index in [1.54, 1.807) is 37.3 Å². The second-order valence-corrected chi connectivity index (χ2v) is 15.2. The van der Waals surface area contributed by atoms with E-state index in [1.165, 1.54) is 0 Å². The number of carboxylic acid groups (broad SMARTS) is 1. The smallest absolute Gasteiger partial charge is 0.442 e. The zero-order valence-corrected chi connectivity index (χ0v) is 21.8. The van der Waals surface area contributed by atoms with Crippen LogP contribution in [0.2, 0.25) is 18.1 Å². The van der Waals surface area contributed by atoms with Crippen molar-refractivity contribution in [2.75, 3.05) is 6.54 Å². The maximum Gasteiger partial charge on any atom is 0.442 e. The summed E-state index contributed by atoms with van der Waals surface area (Å²) in [4.78, 5) is 51.7. The number of aliphatic carboxylic acids is 1. The van der Waals surface area contributed by atoms with E-state index in [0.717, 1.165) is 0 Å². The fourth-order valence-electron chi connectivity index (χ4n) is 4.24. The van der Waals surface area contributed by atoms with Gasteiger partial charge in [0.15, 0.2) is 8.32 Å². The molecule has 11 nitrogen and oxygen atoms in total. The number of hydrogen-bond donors (Lipinski definition) is 2. The van der Waals surface area contributed by atoms with Gasteiger partial charge in [0.1, 0.15) is 5.41 Å². The number of benzene rings is 1. The first-order valence-electron chi connectivity index (χ1n) is 11.2. The van der Waals surface area contributed by atoms with Gasteiger partial charge < -0.3 is 20.4 Å². The van der Waals surface area contributed by atoms with Gasteiger partial charge in [-0.05, 0) is 37.0 Å². The fraction of sp³-hybridized carbons (Fsp3) is 0.565. The molecule has 0 saturated carbocycles. The first kappa shape index (κ1) is 28.0. The molecule has 35 heavy (non-hydrogen) atoms. The van der Waals surface area contributed by atoms with Crippen molar-refractivity contribution < 1.29 is 33.6 Å². The van der Waals surface area contributed by atoms with E-state index in [-0.39, 0.29) is 11.5 Å². The van der Waals surface area contributed by atoms with E-state index in [0.29, 0.717) is 5.56 Å². The second kappa shape index (κ2) is 10.2. The molecular weight excluding hydrogens is 472 g/mol. The minimum absolute atomic E-state index is 0.186. The third-order valence-electron chi connectivity index (χ3n) is 7.09. The van der Waals surface area contributed by atoms with Crippen LogP contribution in [0.4, 0.5) is 0 Å². The maximum absolute atomic E-state index is 13.6.